The van der Waals surface area contributed by atoms with Gasteiger partial charge in [0.05, 0.1) is 0 Å². The van der Waals surface area contributed by atoms with Crippen molar-refractivity contribution in [3.63, 3.8) is 0 Å². The van der Waals surface area contributed by atoms with Gasteiger partial charge in [0.15, 0.2) is 0 Å². The minimum absolute atomic E-state index is 0.489. The molecule has 1 aromatic rings. The summed E-state index contributed by atoms with van der Waals surface area (Å²) in [6.07, 6.45) is 5.68. The van der Waals surface area contributed by atoms with Crippen LogP contribution in [0.5, 0.6) is 0 Å². The Kier molecular flexibility index (Phi) is 3.28. The van der Waals surface area contributed by atoms with Crippen molar-refractivity contribution in [3.05, 3.63) is 11.8 Å². The molecule has 6 heteroatoms. The summed E-state index contributed by atoms with van der Waals surface area (Å²) in [5, 5.41) is 0. The zero-order valence-corrected chi connectivity index (χ0v) is 11.6. The normalized spacial score (nSPS) is 27.4. The number of likely N-dealkylation sites (N-methyl/N-ethyl adjacent to an activating group) is 1. The van der Waals surface area contributed by atoms with Gasteiger partial charge in [-0.2, -0.15) is 4.98 Å². The number of nitrogens with one attached hydrogen (secondary N) is 1. The second-order valence-electron chi connectivity index (χ2n) is 5.63. The number of nitrogen functional groups attached to an aromatic ring is 1. The lowest BCUT2D eigenvalue weighted by molar-refractivity contribution is 0.254. The first-order chi connectivity index (χ1) is 9.19. The molecule has 0 aromatic carbocycles. The molecule has 2 saturated heterocycles. The SMILES string of the molecule is Cc1cnc(NN)nc1N1CCC2CCC(C1)N2C. The first-order valence-corrected chi connectivity index (χ1v) is 6.96. The molecule has 3 N–H and O–H groups in total. The van der Waals surface area contributed by atoms with E-state index in [1.165, 1.54) is 19.3 Å². The summed E-state index contributed by atoms with van der Waals surface area (Å²) in [5.41, 5.74) is 3.64. The molecule has 6 nitrogen and oxygen atoms in total. The number of fused-ring (bicyclic) bond motifs is 2. The largest absolute Gasteiger partial charge is 0.355 e. The molecule has 2 bridgehead atoms. The Morgan fingerprint density at radius 3 is 2.89 bits per heavy atom. The van der Waals surface area contributed by atoms with Gasteiger partial charge < -0.3 is 4.90 Å². The van der Waals surface area contributed by atoms with E-state index in [0.29, 0.717) is 12.0 Å². The van der Waals surface area contributed by atoms with Crippen LogP contribution in [0.1, 0.15) is 24.8 Å². The van der Waals surface area contributed by atoms with Gasteiger partial charge in [0.2, 0.25) is 5.95 Å². The molecule has 19 heavy (non-hydrogen) atoms. The van der Waals surface area contributed by atoms with Crippen LogP contribution in [0.15, 0.2) is 6.20 Å². The van der Waals surface area contributed by atoms with Crippen LogP contribution in [0.25, 0.3) is 0 Å². The van der Waals surface area contributed by atoms with E-state index >= 15 is 0 Å². The Morgan fingerprint density at radius 2 is 2.11 bits per heavy atom. The van der Waals surface area contributed by atoms with Crippen LogP contribution < -0.4 is 16.2 Å². The average Bonchev–Trinajstić information content (AvgIpc) is 2.65. The summed E-state index contributed by atoms with van der Waals surface area (Å²) >= 11 is 0. The third kappa shape index (κ3) is 2.26. The van der Waals surface area contributed by atoms with Crippen LogP contribution in [0.3, 0.4) is 0 Å². The van der Waals surface area contributed by atoms with Crippen LogP contribution in [0.2, 0.25) is 0 Å². The molecule has 0 radical (unpaired) electrons. The molecule has 2 aliphatic rings. The highest BCUT2D eigenvalue weighted by Crippen LogP contribution is 2.31. The predicted molar refractivity (Wildman–Crippen MR) is 76.0 cm³/mol. The van der Waals surface area contributed by atoms with Crippen LogP contribution in [-0.4, -0.2) is 47.1 Å². The van der Waals surface area contributed by atoms with E-state index in [2.05, 4.69) is 39.2 Å². The van der Waals surface area contributed by atoms with E-state index < -0.39 is 0 Å². The highest BCUT2D eigenvalue weighted by atomic mass is 15.3. The fourth-order valence-electron chi connectivity index (χ4n) is 3.32. The molecule has 2 aliphatic heterocycles. The van der Waals surface area contributed by atoms with Crippen molar-refractivity contribution in [2.75, 3.05) is 30.5 Å². The summed E-state index contributed by atoms with van der Waals surface area (Å²) in [7, 11) is 2.26. The summed E-state index contributed by atoms with van der Waals surface area (Å²) in [4.78, 5) is 13.6. The van der Waals surface area contributed by atoms with Crippen molar-refractivity contribution in [2.45, 2.75) is 38.3 Å². The summed E-state index contributed by atoms with van der Waals surface area (Å²) < 4.78 is 0. The minimum Gasteiger partial charge on any atom is -0.355 e. The van der Waals surface area contributed by atoms with Gasteiger partial charge in [-0.05, 0) is 33.2 Å². The van der Waals surface area contributed by atoms with E-state index in [4.69, 9.17) is 5.84 Å². The second-order valence-corrected chi connectivity index (χ2v) is 5.63. The van der Waals surface area contributed by atoms with E-state index in [0.717, 1.165) is 30.5 Å². The van der Waals surface area contributed by atoms with Crippen molar-refractivity contribution < 1.29 is 0 Å². The van der Waals surface area contributed by atoms with Crippen LogP contribution in [-0.2, 0) is 0 Å². The van der Waals surface area contributed by atoms with Gasteiger partial charge in [0.25, 0.3) is 0 Å². The first-order valence-electron chi connectivity index (χ1n) is 6.96. The van der Waals surface area contributed by atoms with Crippen molar-refractivity contribution in [1.82, 2.24) is 14.9 Å². The maximum absolute atomic E-state index is 5.41. The zero-order valence-electron chi connectivity index (χ0n) is 11.6. The van der Waals surface area contributed by atoms with Gasteiger partial charge in [-0.3, -0.25) is 10.3 Å². The standard InChI is InChI=1S/C13H22N6/c1-9-7-15-13(17-14)16-12(9)19-6-5-10-3-4-11(8-19)18(10)2/h7,10-11H,3-6,8,14H2,1-2H3,(H,15,16,17). The topological polar surface area (TPSA) is 70.3 Å². The number of hydrogen-bond donors (Lipinski definition) is 2. The number of nitrogens with two attached hydrogens (primary N) is 1. The van der Waals surface area contributed by atoms with Crippen molar-refractivity contribution in [2.24, 2.45) is 5.84 Å². The van der Waals surface area contributed by atoms with Crippen molar-refractivity contribution >= 4 is 11.8 Å². The Hall–Kier alpha value is -1.40. The predicted octanol–water partition coefficient (Wildman–Crippen LogP) is 0.744. The minimum atomic E-state index is 0.489. The lowest BCUT2D eigenvalue weighted by Gasteiger charge is -2.27. The maximum Gasteiger partial charge on any atom is 0.239 e. The molecule has 0 saturated carbocycles. The summed E-state index contributed by atoms with van der Waals surface area (Å²) in [6.45, 7) is 4.17. The van der Waals surface area contributed by atoms with E-state index in [-0.39, 0.29) is 0 Å². The Labute approximate surface area is 114 Å². The number of hydrogen-bond acceptors (Lipinski definition) is 6. The van der Waals surface area contributed by atoms with Crippen molar-refractivity contribution in [1.29, 1.82) is 0 Å². The van der Waals surface area contributed by atoms with E-state index in [9.17, 15) is 0 Å². The Morgan fingerprint density at radius 1 is 1.32 bits per heavy atom. The van der Waals surface area contributed by atoms with Crippen LogP contribution in [0, 0.1) is 6.92 Å². The number of rotatable bonds is 2. The van der Waals surface area contributed by atoms with Gasteiger partial charge in [0, 0.05) is 36.9 Å². The number of aromatic nitrogens is 2. The fourth-order valence-corrected chi connectivity index (χ4v) is 3.32. The number of hydrazine groups is 1. The molecule has 1 aromatic heterocycles. The summed E-state index contributed by atoms with van der Waals surface area (Å²) in [6, 6.07) is 1.39. The van der Waals surface area contributed by atoms with Gasteiger partial charge in [0.1, 0.15) is 5.82 Å². The molecule has 3 rings (SSSR count). The molecule has 2 atom stereocenters. The highest BCUT2D eigenvalue weighted by molar-refractivity contribution is 5.49. The third-order valence-corrected chi connectivity index (χ3v) is 4.52. The number of anilines is 2. The highest BCUT2D eigenvalue weighted by Gasteiger charge is 2.35. The molecule has 2 fully saturated rings. The lowest BCUT2D eigenvalue weighted by Crippen LogP contribution is -2.37. The molecule has 0 spiro atoms. The van der Waals surface area contributed by atoms with Gasteiger partial charge in [-0.1, -0.05) is 0 Å². The van der Waals surface area contributed by atoms with Gasteiger partial charge >= 0.3 is 0 Å². The molecular formula is C13H22N6. The molecular weight excluding hydrogens is 240 g/mol. The smallest absolute Gasteiger partial charge is 0.239 e. The quantitative estimate of drug-likeness (QED) is 0.605. The van der Waals surface area contributed by atoms with E-state index in [1.54, 1.807) is 0 Å². The second kappa shape index (κ2) is 4.94. The van der Waals surface area contributed by atoms with Crippen LogP contribution in [0.4, 0.5) is 11.8 Å². The summed E-state index contributed by atoms with van der Waals surface area (Å²) in [5.74, 6) is 6.92. The third-order valence-electron chi connectivity index (χ3n) is 4.52. The monoisotopic (exact) mass is 262 g/mol. The maximum atomic E-state index is 5.41. The average molecular weight is 262 g/mol. The first kappa shape index (κ1) is 12.6. The van der Waals surface area contributed by atoms with Gasteiger partial charge in [-0.25, -0.2) is 10.8 Å². The fraction of sp³-hybridized carbons (Fsp3) is 0.692. The molecule has 0 amide bonds. The van der Waals surface area contributed by atoms with Crippen LogP contribution >= 0.6 is 0 Å². The Bertz CT molecular complexity index is 462. The Balaban J connectivity index is 1.86. The van der Waals surface area contributed by atoms with E-state index in [1.807, 2.05) is 6.20 Å². The van der Waals surface area contributed by atoms with Crippen molar-refractivity contribution in [3.8, 4) is 0 Å². The number of nitrogens with zero attached hydrogens (tertiary/aromatic N) is 4. The zero-order chi connectivity index (χ0) is 13.4. The molecule has 104 valence electrons. The lowest BCUT2D eigenvalue weighted by atomic mass is 10.1. The molecule has 2 unspecified atom stereocenters. The molecule has 0 aliphatic carbocycles. The number of aryl methyl sites for hydroxylation is 1. The van der Waals surface area contributed by atoms with Gasteiger partial charge in [-0.15, -0.1) is 0 Å². The molecule has 3 heterocycles.